The van der Waals surface area contributed by atoms with Crippen LogP contribution in [0, 0.1) is 11.3 Å². The number of amides is 1. The van der Waals surface area contributed by atoms with E-state index in [0.717, 1.165) is 10.2 Å². The Morgan fingerprint density at radius 2 is 2.21 bits per heavy atom. The number of thiazole rings is 1. The summed E-state index contributed by atoms with van der Waals surface area (Å²) in [5.74, 6) is -0.200. The molecule has 19 heavy (non-hydrogen) atoms. The Kier molecular flexibility index (Phi) is 4.44. The van der Waals surface area contributed by atoms with Crippen molar-refractivity contribution in [2.24, 2.45) is 0 Å². The molecule has 96 valence electrons. The summed E-state index contributed by atoms with van der Waals surface area (Å²) < 4.78 is 0.809. The van der Waals surface area contributed by atoms with Gasteiger partial charge in [-0.1, -0.05) is 0 Å². The molecular formula is C12H8IN3O2S. The normalized spacial score (nSPS) is 10.1. The van der Waals surface area contributed by atoms with E-state index < -0.39 is 0 Å². The lowest BCUT2D eigenvalue weighted by atomic mass is 10.2. The van der Waals surface area contributed by atoms with Crippen LogP contribution in [0.15, 0.2) is 18.2 Å². The number of nitrogens with one attached hydrogen (secondary N) is 1. The average Bonchev–Trinajstić information content (AvgIpc) is 2.78. The van der Waals surface area contributed by atoms with Crippen molar-refractivity contribution in [2.75, 3.05) is 5.32 Å². The smallest absolute Gasteiger partial charge is 0.224 e. The van der Waals surface area contributed by atoms with Crippen molar-refractivity contribution in [3.8, 4) is 6.07 Å². The molecule has 1 heterocycles. The van der Waals surface area contributed by atoms with Crippen LogP contribution in [0.4, 0.5) is 5.69 Å². The zero-order valence-electron chi connectivity index (χ0n) is 9.64. The quantitative estimate of drug-likeness (QED) is 0.648. The van der Waals surface area contributed by atoms with E-state index in [0.29, 0.717) is 10.7 Å². The third-order valence-electron chi connectivity index (χ3n) is 2.32. The van der Waals surface area contributed by atoms with E-state index in [1.807, 2.05) is 6.07 Å². The highest BCUT2D eigenvalue weighted by molar-refractivity contribution is 14.1. The van der Waals surface area contributed by atoms with Crippen LogP contribution >= 0.6 is 33.9 Å². The van der Waals surface area contributed by atoms with Gasteiger partial charge in [-0.3, -0.25) is 9.59 Å². The maximum Gasteiger partial charge on any atom is 0.224 e. The fraction of sp³-hybridized carbons (Fsp3) is 0.167. The molecule has 1 aromatic carbocycles. The van der Waals surface area contributed by atoms with Gasteiger partial charge in [0, 0.05) is 18.5 Å². The Morgan fingerprint density at radius 1 is 1.42 bits per heavy atom. The lowest BCUT2D eigenvalue weighted by molar-refractivity contribution is -0.118. The van der Waals surface area contributed by atoms with Crippen LogP contribution in [-0.2, 0) is 9.59 Å². The second-order valence-electron chi connectivity index (χ2n) is 3.72. The predicted molar refractivity (Wildman–Crippen MR) is 81.2 cm³/mol. The Balaban J connectivity index is 2.11. The minimum absolute atomic E-state index is 0.0377. The van der Waals surface area contributed by atoms with Crippen molar-refractivity contribution in [2.45, 2.75) is 12.8 Å². The van der Waals surface area contributed by atoms with Crippen LogP contribution in [0.2, 0.25) is 0 Å². The number of nitrogens with zero attached hydrogens (tertiary/aromatic N) is 2. The summed E-state index contributed by atoms with van der Waals surface area (Å²) in [6.07, 6.45) is 0.403. The maximum absolute atomic E-state index is 11.6. The largest absolute Gasteiger partial charge is 0.326 e. The standard InChI is InChI=1S/C12H8IN3O2S/c13-10(17)3-4-11(18)15-7-1-2-8-9(5-7)19-12(6-14)16-8/h1-2,5H,3-4H2,(H,15,18). The number of fused-ring (bicyclic) bond motifs is 1. The first-order valence-electron chi connectivity index (χ1n) is 5.37. The Hall–Kier alpha value is -1.53. The molecule has 7 heteroatoms. The van der Waals surface area contributed by atoms with Gasteiger partial charge in [0.15, 0.2) is 8.80 Å². The Labute approximate surface area is 126 Å². The highest BCUT2D eigenvalue weighted by atomic mass is 127. The van der Waals surface area contributed by atoms with Crippen LogP contribution in [0.1, 0.15) is 17.8 Å². The summed E-state index contributed by atoms with van der Waals surface area (Å²) >= 11 is 2.95. The number of aromatic nitrogens is 1. The third-order valence-corrected chi connectivity index (χ3v) is 3.78. The summed E-state index contributed by atoms with van der Waals surface area (Å²) in [7, 11) is 0. The van der Waals surface area contributed by atoms with Gasteiger partial charge in [0.05, 0.1) is 10.2 Å². The van der Waals surface area contributed by atoms with Crippen LogP contribution < -0.4 is 5.32 Å². The molecule has 1 amide bonds. The van der Waals surface area contributed by atoms with E-state index in [1.54, 1.807) is 40.8 Å². The van der Waals surface area contributed by atoms with Gasteiger partial charge in [-0.2, -0.15) is 5.26 Å². The number of carbonyl (C=O) groups excluding carboxylic acids is 2. The summed E-state index contributed by atoms with van der Waals surface area (Å²) in [6, 6.07) is 7.25. The second kappa shape index (κ2) is 6.08. The summed E-state index contributed by atoms with van der Waals surface area (Å²) in [5.41, 5.74) is 1.38. The average molecular weight is 385 g/mol. The van der Waals surface area contributed by atoms with Crippen molar-refractivity contribution < 1.29 is 9.59 Å². The third kappa shape index (κ3) is 3.71. The van der Waals surface area contributed by atoms with Gasteiger partial charge in [0.25, 0.3) is 0 Å². The van der Waals surface area contributed by atoms with E-state index in [-0.39, 0.29) is 22.5 Å². The first-order chi connectivity index (χ1) is 9.08. The molecule has 0 saturated carbocycles. The SMILES string of the molecule is N#Cc1nc2ccc(NC(=O)CCC(=O)I)cc2s1. The highest BCUT2D eigenvalue weighted by Crippen LogP contribution is 2.24. The van der Waals surface area contributed by atoms with Gasteiger partial charge in [0.2, 0.25) is 5.91 Å². The highest BCUT2D eigenvalue weighted by Gasteiger charge is 2.07. The molecule has 2 rings (SSSR count). The minimum Gasteiger partial charge on any atom is -0.326 e. The van der Waals surface area contributed by atoms with E-state index in [1.165, 1.54) is 11.3 Å². The molecule has 0 aliphatic carbocycles. The molecule has 1 aromatic heterocycles. The molecule has 0 aliphatic rings. The van der Waals surface area contributed by atoms with E-state index in [4.69, 9.17) is 5.26 Å². The zero-order chi connectivity index (χ0) is 13.8. The number of carbonyl (C=O) groups is 2. The second-order valence-corrected chi connectivity index (χ2v) is 5.95. The van der Waals surface area contributed by atoms with Crippen molar-refractivity contribution in [3.05, 3.63) is 23.2 Å². The van der Waals surface area contributed by atoms with E-state index in [9.17, 15) is 9.59 Å². The molecule has 0 aliphatic heterocycles. The molecule has 0 saturated heterocycles. The first-order valence-corrected chi connectivity index (χ1v) is 7.27. The summed E-state index contributed by atoms with van der Waals surface area (Å²) in [4.78, 5) is 26.5. The molecule has 0 radical (unpaired) electrons. The van der Waals surface area contributed by atoms with Gasteiger partial charge >= 0.3 is 0 Å². The van der Waals surface area contributed by atoms with E-state index >= 15 is 0 Å². The van der Waals surface area contributed by atoms with Gasteiger partial charge in [-0.05, 0) is 40.8 Å². The first kappa shape index (κ1) is 13.9. The summed E-state index contributed by atoms with van der Waals surface area (Å²) in [6.45, 7) is 0. The van der Waals surface area contributed by atoms with E-state index in [2.05, 4.69) is 10.3 Å². The molecular weight excluding hydrogens is 377 g/mol. The Bertz CT molecular complexity index is 690. The van der Waals surface area contributed by atoms with Crippen molar-refractivity contribution >= 4 is 59.5 Å². The predicted octanol–water partition coefficient (Wildman–Crippen LogP) is 2.85. The lowest BCUT2D eigenvalue weighted by Gasteiger charge is -2.03. The van der Waals surface area contributed by atoms with Gasteiger partial charge in [-0.25, -0.2) is 4.98 Å². The molecule has 0 fully saturated rings. The molecule has 2 aromatic rings. The summed E-state index contributed by atoms with van der Waals surface area (Å²) in [5, 5.41) is 11.9. The maximum atomic E-state index is 11.6. The molecule has 0 unspecified atom stereocenters. The van der Waals surface area contributed by atoms with Crippen LogP contribution in [0.25, 0.3) is 10.2 Å². The molecule has 0 bridgehead atoms. The number of hydrogen-bond acceptors (Lipinski definition) is 5. The van der Waals surface area contributed by atoms with Gasteiger partial charge in [-0.15, -0.1) is 11.3 Å². The molecule has 0 atom stereocenters. The monoisotopic (exact) mass is 385 g/mol. The fourth-order valence-corrected chi connectivity index (χ4v) is 2.56. The van der Waals surface area contributed by atoms with Crippen molar-refractivity contribution in [1.29, 1.82) is 5.26 Å². The number of rotatable bonds is 4. The van der Waals surface area contributed by atoms with Gasteiger partial charge in [0.1, 0.15) is 6.07 Å². The van der Waals surface area contributed by atoms with Crippen LogP contribution in [-0.4, -0.2) is 14.7 Å². The minimum atomic E-state index is -0.200. The molecule has 5 nitrogen and oxygen atoms in total. The van der Waals surface area contributed by atoms with Crippen LogP contribution in [0.5, 0.6) is 0 Å². The topological polar surface area (TPSA) is 82.8 Å². The van der Waals surface area contributed by atoms with Crippen LogP contribution in [0.3, 0.4) is 0 Å². The number of benzene rings is 1. The number of hydrogen-bond donors (Lipinski definition) is 1. The Morgan fingerprint density at radius 3 is 2.89 bits per heavy atom. The lowest BCUT2D eigenvalue weighted by Crippen LogP contribution is -2.11. The number of anilines is 1. The fourth-order valence-electron chi connectivity index (χ4n) is 1.49. The molecule has 0 spiro atoms. The van der Waals surface area contributed by atoms with Gasteiger partial charge < -0.3 is 5.32 Å². The number of nitriles is 1. The molecule has 1 N–H and O–H groups in total. The zero-order valence-corrected chi connectivity index (χ0v) is 12.6. The van der Waals surface area contributed by atoms with Crippen molar-refractivity contribution in [3.63, 3.8) is 0 Å². The van der Waals surface area contributed by atoms with Crippen molar-refractivity contribution in [1.82, 2.24) is 4.98 Å². The number of halogens is 1.